The van der Waals surface area contributed by atoms with E-state index in [1.807, 2.05) is 6.92 Å². The van der Waals surface area contributed by atoms with Gasteiger partial charge in [-0.1, -0.05) is 0 Å². The largest absolute Gasteiger partial charge is 0.377 e. The molecule has 0 aliphatic carbocycles. The van der Waals surface area contributed by atoms with Gasteiger partial charge < -0.3 is 4.74 Å². The first kappa shape index (κ1) is 15.7. The van der Waals surface area contributed by atoms with Gasteiger partial charge >= 0.3 is 0 Å². The van der Waals surface area contributed by atoms with Crippen LogP contribution in [0.2, 0.25) is 0 Å². The molecule has 1 heterocycles. The number of hydrogen-bond acceptors (Lipinski definition) is 3. The van der Waals surface area contributed by atoms with Gasteiger partial charge in [0.15, 0.2) is 0 Å². The Bertz CT molecular complexity index is 579. The van der Waals surface area contributed by atoms with Crippen LogP contribution in [0.5, 0.6) is 0 Å². The minimum Gasteiger partial charge on any atom is -0.377 e. The molecule has 1 aromatic carbocycles. The van der Waals surface area contributed by atoms with Crippen molar-refractivity contribution in [2.45, 2.75) is 30.2 Å². The van der Waals surface area contributed by atoms with E-state index >= 15 is 0 Å². The maximum absolute atomic E-state index is 13.4. The Hall–Kier alpha value is -0.690. The Morgan fingerprint density at radius 2 is 2.25 bits per heavy atom. The zero-order valence-corrected chi connectivity index (χ0v) is 12.8. The van der Waals surface area contributed by atoms with Crippen molar-refractivity contribution in [2.75, 3.05) is 19.7 Å². The summed E-state index contributed by atoms with van der Waals surface area (Å²) in [6, 6.07) is 3.72. The monoisotopic (exact) mass is 321 g/mol. The van der Waals surface area contributed by atoms with E-state index in [4.69, 9.17) is 16.3 Å². The average Bonchev–Trinajstić information content (AvgIpc) is 2.64. The highest BCUT2D eigenvalue weighted by molar-refractivity contribution is 7.89. The quantitative estimate of drug-likeness (QED) is 0.803. The van der Waals surface area contributed by atoms with E-state index in [9.17, 15) is 12.8 Å². The van der Waals surface area contributed by atoms with E-state index in [0.29, 0.717) is 26.1 Å². The molecule has 0 radical (unpaired) electrons. The van der Waals surface area contributed by atoms with Crippen molar-refractivity contribution in [3.8, 4) is 0 Å². The molecule has 1 fully saturated rings. The van der Waals surface area contributed by atoms with Gasteiger partial charge in [0.2, 0.25) is 10.0 Å². The first-order valence-electron chi connectivity index (χ1n) is 6.41. The van der Waals surface area contributed by atoms with Gasteiger partial charge in [-0.05, 0) is 31.5 Å². The molecule has 2 rings (SSSR count). The summed E-state index contributed by atoms with van der Waals surface area (Å²) in [6.45, 7) is 3.09. The summed E-state index contributed by atoms with van der Waals surface area (Å²) >= 11 is 5.62. The van der Waals surface area contributed by atoms with Gasteiger partial charge in [0.05, 0.1) is 16.9 Å². The summed E-state index contributed by atoms with van der Waals surface area (Å²) in [6.07, 6.45) is 0.493. The van der Waals surface area contributed by atoms with Crippen LogP contribution in [0.4, 0.5) is 4.39 Å². The molecule has 0 aromatic heterocycles. The SMILES string of the molecule is CC1CN(S(=O)(=O)c2ccc(F)c(CCl)c2)CCCO1. The van der Waals surface area contributed by atoms with Crippen LogP contribution in [-0.2, 0) is 20.6 Å². The van der Waals surface area contributed by atoms with Crippen LogP contribution in [-0.4, -0.2) is 38.5 Å². The van der Waals surface area contributed by atoms with Gasteiger partial charge in [0.1, 0.15) is 5.82 Å². The number of halogens is 2. The number of ether oxygens (including phenoxy) is 1. The topological polar surface area (TPSA) is 46.6 Å². The van der Waals surface area contributed by atoms with Crippen molar-refractivity contribution < 1.29 is 17.5 Å². The highest BCUT2D eigenvalue weighted by Crippen LogP contribution is 2.22. The first-order valence-corrected chi connectivity index (χ1v) is 8.38. The molecule has 1 aliphatic heterocycles. The fourth-order valence-corrected chi connectivity index (χ4v) is 3.95. The fraction of sp³-hybridized carbons (Fsp3) is 0.538. The molecule has 0 spiro atoms. The maximum atomic E-state index is 13.4. The lowest BCUT2D eigenvalue weighted by atomic mass is 10.2. The molecule has 0 saturated carbocycles. The molecule has 1 atom stereocenters. The predicted molar refractivity (Wildman–Crippen MR) is 74.7 cm³/mol. The molecule has 0 bridgehead atoms. The van der Waals surface area contributed by atoms with Crippen molar-refractivity contribution in [3.05, 3.63) is 29.6 Å². The number of rotatable bonds is 3. The molecule has 1 saturated heterocycles. The zero-order chi connectivity index (χ0) is 14.8. The molecule has 1 unspecified atom stereocenters. The smallest absolute Gasteiger partial charge is 0.243 e. The minimum absolute atomic E-state index is 0.0608. The number of alkyl halides is 1. The van der Waals surface area contributed by atoms with Gasteiger partial charge in [-0.3, -0.25) is 0 Å². The average molecular weight is 322 g/mol. The number of sulfonamides is 1. The summed E-state index contributed by atoms with van der Waals surface area (Å²) in [7, 11) is -3.64. The molecule has 112 valence electrons. The lowest BCUT2D eigenvalue weighted by Gasteiger charge is -2.22. The third-order valence-electron chi connectivity index (χ3n) is 3.21. The van der Waals surface area contributed by atoms with E-state index < -0.39 is 15.8 Å². The molecule has 0 N–H and O–H groups in total. The third kappa shape index (κ3) is 3.31. The fourth-order valence-electron chi connectivity index (χ4n) is 2.14. The first-order chi connectivity index (χ1) is 9.45. The second-order valence-electron chi connectivity index (χ2n) is 4.78. The van der Waals surface area contributed by atoms with Gasteiger partial charge in [-0.2, -0.15) is 4.31 Å². The van der Waals surface area contributed by atoms with Crippen molar-refractivity contribution in [3.63, 3.8) is 0 Å². The summed E-state index contributed by atoms with van der Waals surface area (Å²) in [4.78, 5) is 0.0728. The Balaban J connectivity index is 2.33. The second kappa shape index (κ2) is 6.39. The van der Waals surface area contributed by atoms with Crippen molar-refractivity contribution in [2.24, 2.45) is 0 Å². The second-order valence-corrected chi connectivity index (χ2v) is 6.99. The van der Waals surface area contributed by atoms with E-state index in [1.54, 1.807) is 0 Å². The lowest BCUT2D eigenvalue weighted by molar-refractivity contribution is 0.0752. The molecule has 4 nitrogen and oxygen atoms in total. The van der Waals surface area contributed by atoms with E-state index in [1.165, 1.54) is 16.4 Å². The molecule has 0 amide bonds. The maximum Gasteiger partial charge on any atom is 0.243 e. The van der Waals surface area contributed by atoms with Gasteiger partial charge in [-0.25, -0.2) is 12.8 Å². The normalized spacial score (nSPS) is 21.6. The Kier molecular flexibility index (Phi) is 5.01. The van der Waals surface area contributed by atoms with Gasteiger partial charge in [0, 0.05) is 25.3 Å². The van der Waals surface area contributed by atoms with Crippen molar-refractivity contribution in [1.82, 2.24) is 4.31 Å². The number of nitrogens with zero attached hydrogens (tertiary/aromatic N) is 1. The van der Waals surface area contributed by atoms with Crippen LogP contribution in [0.1, 0.15) is 18.9 Å². The minimum atomic E-state index is -3.64. The van der Waals surface area contributed by atoms with Crippen molar-refractivity contribution >= 4 is 21.6 Å². The summed E-state index contributed by atoms with van der Waals surface area (Å²) in [5, 5.41) is 0. The molecule has 20 heavy (non-hydrogen) atoms. The van der Waals surface area contributed by atoms with E-state index in [0.717, 1.165) is 6.07 Å². The van der Waals surface area contributed by atoms with Gasteiger partial charge in [0.25, 0.3) is 0 Å². The predicted octanol–water partition coefficient (Wildman–Crippen LogP) is 2.36. The Morgan fingerprint density at radius 3 is 2.95 bits per heavy atom. The Morgan fingerprint density at radius 1 is 1.50 bits per heavy atom. The van der Waals surface area contributed by atoms with Crippen LogP contribution >= 0.6 is 11.6 Å². The highest BCUT2D eigenvalue weighted by atomic mass is 35.5. The molecule has 1 aliphatic rings. The van der Waals surface area contributed by atoms with E-state index in [2.05, 4.69) is 0 Å². The van der Waals surface area contributed by atoms with Gasteiger partial charge in [-0.15, -0.1) is 11.6 Å². The molecular formula is C13H17ClFNO3S. The standard InChI is InChI=1S/C13H17ClFNO3S/c1-10-9-16(5-2-6-19-10)20(17,18)12-3-4-13(15)11(7-12)8-14/h3-4,7,10H,2,5-6,8-9H2,1H3. The highest BCUT2D eigenvalue weighted by Gasteiger charge is 2.28. The van der Waals surface area contributed by atoms with Crippen LogP contribution in [0, 0.1) is 5.82 Å². The molecular weight excluding hydrogens is 305 g/mol. The number of benzene rings is 1. The Labute approximate surface area is 123 Å². The molecule has 7 heteroatoms. The summed E-state index contributed by atoms with van der Waals surface area (Å²) < 4.78 is 45.4. The lowest BCUT2D eigenvalue weighted by Crippen LogP contribution is -2.36. The van der Waals surface area contributed by atoms with Crippen LogP contribution < -0.4 is 0 Å². The van der Waals surface area contributed by atoms with Crippen LogP contribution in [0.15, 0.2) is 23.1 Å². The van der Waals surface area contributed by atoms with E-state index in [-0.39, 0.29) is 22.4 Å². The van der Waals surface area contributed by atoms with Crippen LogP contribution in [0.25, 0.3) is 0 Å². The third-order valence-corrected chi connectivity index (χ3v) is 5.36. The zero-order valence-electron chi connectivity index (χ0n) is 11.2. The number of hydrogen-bond donors (Lipinski definition) is 0. The molecule has 1 aromatic rings. The summed E-state index contributed by atoms with van der Waals surface area (Å²) in [5.74, 6) is -0.555. The van der Waals surface area contributed by atoms with Crippen LogP contribution in [0.3, 0.4) is 0 Å². The van der Waals surface area contributed by atoms with Crippen molar-refractivity contribution in [1.29, 1.82) is 0 Å². The summed E-state index contributed by atoms with van der Waals surface area (Å²) in [5.41, 5.74) is 0.187.